The summed E-state index contributed by atoms with van der Waals surface area (Å²) in [7, 11) is 0. The third-order valence-corrected chi connectivity index (χ3v) is 2.73. The van der Waals surface area contributed by atoms with Gasteiger partial charge in [-0.15, -0.1) is 0 Å². The first-order valence-electron chi connectivity index (χ1n) is 3.78. The van der Waals surface area contributed by atoms with Crippen molar-refractivity contribution in [1.29, 1.82) is 0 Å². The average molecular weight is 140 g/mol. The Kier molecular flexibility index (Phi) is 0.919. The fourth-order valence-corrected chi connectivity index (χ4v) is 2.00. The number of hydrogen-bond donors (Lipinski definition) is 0. The van der Waals surface area contributed by atoms with Gasteiger partial charge in [0.2, 0.25) is 0 Å². The van der Waals surface area contributed by atoms with Crippen LogP contribution < -0.4 is 0 Å². The Labute approximate surface area is 60.6 Å². The normalized spacial score (nSPS) is 52.4. The van der Waals surface area contributed by atoms with Crippen LogP contribution in [0, 0.1) is 0 Å². The van der Waals surface area contributed by atoms with Gasteiger partial charge in [0.05, 0.1) is 5.60 Å². The molecular weight excluding hydrogens is 128 g/mol. The molecule has 2 heteroatoms. The number of ether oxygens (including phenoxy) is 1. The SMILES string of the molecule is CC12CCC(C)(O1)C(=O)C2. The molecule has 2 aliphatic heterocycles. The van der Waals surface area contributed by atoms with E-state index in [9.17, 15) is 4.79 Å². The second kappa shape index (κ2) is 1.45. The molecule has 56 valence electrons. The van der Waals surface area contributed by atoms with Gasteiger partial charge in [0.15, 0.2) is 5.78 Å². The highest BCUT2D eigenvalue weighted by molar-refractivity contribution is 5.90. The van der Waals surface area contributed by atoms with Crippen LogP contribution >= 0.6 is 0 Å². The lowest BCUT2D eigenvalue weighted by Crippen LogP contribution is -2.29. The Morgan fingerprint density at radius 2 is 2.10 bits per heavy atom. The van der Waals surface area contributed by atoms with Gasteiger partial charge in [0.1, 0.15) is 5.60 Å². The van der Waals surface area contributed by atoms with E-state index in [0.29, 0.717) is 12.2 Å². The molecule has 0 aromatic heterocycles. The number of rotatable bonds is 0. The van der Waals surface area contributed by atoms with Crippen LogP contribution in [-0.4, -0.2) is 17.0 Å². The van der Waals surface area contributed by atoms with Crippen molar-refractivity contribution in [2.24, 2.45) is 0 Å². The summed E-state index contributed by atoms with van der Waals surface area (Å²) in [5.41, 5.74) is -0.513. The quantitative estimate of drug-likeness (QED) is 0.506. The first kappa shape index (κ1) is 6.35. The molecule has 2 atom stereocenters. The first-order chi connectivity index (χ1) is 4.54. The second-order valence-corrected chi connectivity index (χ2v) is 3.88. The van der Waals surface area contributed by atoms with Crippen molar-refractivity contribution in [3.05, 3.63) is 0 Å². The zero-order valence-corrected chi connectivity index (χ0v) is 6.44. The molecule has 0 aromatic carbocycles. The minimum absolute atomic E-state index is 0.105. The highest BCUT2D eigenvalue weighted by atomic mass is 16.5. The molecule has 2 rings (SSSR count). The van der Waals surface area contributed by atoms with Crippen molar-refractivity contribution >= 4 is 5.78 Å². The van der Waals surface area contributed by atoms with Crippen LogP contribution in [0.25, 0.3) is 0 Å². The summed E-state index contributed by atoms with van der Waals surface area (Å²) in [6.45, 7) is 3.94. The smallest absolute Gasteiger partial charge is 0.167 e. The van der Waals surface area contributed by atoms with E-state index in [1.54, 1.807) is 0 Å². The zero-order valence-electron chi connectivity index (χ0n) is 6.44. The van der Waals surface area contributed by atoms with E-state index in [0.717, 1.165) is 12.8 Å². The highest BCUT2D eigenvalue weighted by Gasteiger charge is 2.56. The minimum Gasteiger partial charge on any atom is -0.361 e. The van der Waals surface area contributed by atoms with Crippen molar-refractivity contribution in [2.45, 2.75) is 44.3 Å². The van der Waals surface area contributed by atoms with Crippen LogP contribution in [0.4, 0.5) is 0 Å². The predicted molar refractivity (Wildman–Crippen MR) is 36.8 cm³/mol. The highest BCUT2D eigenvalue weighted by Crippen LogP contribution is 2.47. The summed E-state index contributed by atoms with van der Waals surface area (Å²) in [6.07, 6.45) is 2.60. The summed E-state index contributed by atoms with van der Waals surface area (Å²) < 4.78 is 5.61. The third kappa shape index (κ3) is 0.601. The molecule has 2 fully saturated rings. The van der Waals surface area contributed by atoms with Crippen LogP contribution in [0.1, 0.15) is 33.1 Å². The topological polar surface area (TPSA) is 26.3 Å². The Balaban J connectivity index is 2.36. The summed E-state index contributed by atoms with van der Waals surface area (Å²) in [6, 6.07) is 0. The van der Waals surface area contributed by atoms with Crippen LogP contribution in [0.2, 0.25) is 0 Å². The molecule has 2 nitrogen and oxygen atoms in total. The summed E-state index contributed by atoms with van der Waals surface area (Å²) >= 11 is 0. The number of ketones is 1. The average Bonchev–Trinajstić information content (AvgIpc) is 2.17. The Morgan fingerprint density at radius 1 is 1.40 bits per heavy atom. The Hall–Kier alpha value is -0.370. The number of hydrogen-bond acceptors (Lipinski definition) is 2. The maximum absolute atomic E-state index is 11.2. The molecular formula is C8H12O2. The largest absolute Gasteiger partial charge is 0.361 e. The minimum atomic E-state index is -0.408. The lowest BCUT2D eigenvalue weighted by atomic mass is 9.83. The predicted octanol–water partition coefficient (Wildman–Crippen LogP) is 1.29. The Bertz CT molecular complexity index is 199. The van der Waals surface area contributed by atoms with Gasteiger partial charge in [-0.3, -0.25) is 4.79 Å². The summed E-state index contributed by atoms with van der Waals surface area (Å²) in [4.78, 5) is 11.2. The van der Waals surface area contributed by atoms with Gasteiger partial charge in [-0.2, -0.15) is 0 Å². The number of Topliss-reactive ketones (excluding diaryl/α,β-unsaturated/α-hetero) is 1. The lowest BCUT2D eigenvalue weighted by molar-refractivity contribution is -0.129. The molecule has 0 amide bonds. The van der Waals surface area contributed by atoms with Gasteiger partial charge in [-0.25, -0.2) is 0 Å². The van der Waals surface area contributed by atoms with Crippen LogP contribution in [0.3, 0.4) is 0 Å². The lowest BCUT2D eigenvalue weighted by Gasteiger charge is -2.15. The van der Waals surface area contributed by atoms with Crippen molar-refractivity contribution in [3.8, 4) is 0 Å². The van der Waals surface area contributed by atoms with E-state index in [1.807, 2.05) is 13.8 Å². The molecule has 2 aliphatic rings. The maximum atomic E-state index is 11.2. The van der Waals surface area contributed by atoms with E-state index in [4.69, 9.17) is 4.74 Å². The van der Waals surface area contributed by atoms with Gasteiger partial charge in [0.25, 0.3) is 0 Å². The molecule has 10 heavy (non-hydrogen) atoms. The van der Waals surface area contributed by atoms with E-state index < -0.39 is 5.60 Å². The van der Waals surface area contributed by atoms with Crippen molar-refractivity contribution in [2.75, 3.05) is 0 Å². The van der Waals surface area contributed by atoms with Crippen molar-refractivity contribution in [3.63, 3.8) is 0 Å². The molecule has 0 aromatic rings. The van der Waals surface area contributed by atoms with E-state index in [2.05, 4.69) is 0 Å². The molecule has 0 spiro atoms. The zero-order chi connectivity index (χ0) is 7.41. The van der Waals surface area contributed by atoms with Gasteiger partial charge in [-0.05, 0) is 26.7 Å². The van der Waals surface area contributed by atoms with E-state index in [-0.39, 0.29) is 5.60 Å². The van der Waals surface area contributed by atoms with Crippen LogP contribution in [-0.2, 0) is 9.53 Å². The van der Waals surface area contributed by atoms with E-state index in [1.165, 1.54) is 0 Å². The molecule has 0 N–H and O–H groups in total. The Morgan fingerprint density at radius 3 is 2.30 bits per heavy atom. The maximum Gasteiger partial charge on any atom is 0.167 e. The molecule has 2 bridgehead atoms. The molecule has 2 heterocycles. The summed E-state index contributed by atoms with van der Waals surface area (Å²) in [5, 5.41) is 0. The van der Waals surface area contributed by atoms with Gasteiger partial charge in [-0.1, -0.05) is 0 Å². The van der Waals surface area contributed by atoms with Crippen LogP contribution in [0.5, 0.6) is 0 Å². The van der Waals surface area contributed by atoms with Crippen molar-refractivity contribution < 1.29 is 9.53 Å². The number of fused-ring (bicyclic) bond motifs is 2. The van der Waals surface area contributed by atoms with Crippen molar-refractivity contribution in [1.82, 2.24) is 0 Å². The standard InChI is InChI=1S/C8H12O2/c1-7-3-4-8(2,10-7)6(9)5-7/h3-5H2,1-2H3. The van der Waals surface area contributed by atoms with Gasteiger partial charge < -0.3 is 4.74 Å². The van der Waals surface area contributed by atoms with Gasteiger partial charge in [0, 0.05) is 6.42 Å². The van der Waals surface area contributed by atoms with Gasteiger partial charge >= 0.3 is 0 Å². The fourth-order valence-electron chi connectivity index (χ4n) is 2.00. The molecule has 2 unspecified atom stereocenters. The van der Waals surface area contributed by atoms with Crippen LogP contribution in [0.15, 0.2) is 0 Å². The number of carbonyl (C=O) groups excluding carboxylic acids is 1. The third-order valence-electron chi connectivity index (χ3n) is 2.73. The fraction of sp³-hybridized carbons (Fsp3) is 0.875. The summed E-state index contributed by atoms with van der Waals surface area (Å²) in [5.74, 6) is 0.293. The molecule has 0 radical (unpaired) electrons. The second-order valence-electron chi connectivity index (χ2n) is 3.88. The molecule has 0 aliphatic carbocycles. The first-order valence-corrected chi connectivity index (χ1v) is 3.78. The number of carbonyl (C=O) groups is 1. The monoisotopic (exact) mass is 140 g/mol. The molecule has 2 saturated heterocycles. The molecule has 0 saturated carbocycles. The van der Waals surface area contributed by atoms with E-state index >= 15 is 0 Å².